The number of amides is 2. The monoisotopic (exact) mass is 417 g/mol. The lowest BCUT2D eigenvalue weighted by atomic mass is 10.2. The highest BCUT2D eigenvalue weighted by Crippen LogP contribution is 2.11. The second-order valence-electron chi connectivity index (χ2n) is 8.61. The molecule has 2 aromatic rings. The van der Waals surface area contributed by atoms with Crippen LogP contribution in [0.4, 0.5) is 4.79 Å². The first kappa shape index (κ1) is 21.9. The molecule has 10 nitrogen and oxygen atoms in total. The molecule has 30 heavy (non-hydrogen) atoms. The summed E-state index contributed by atoms with van der Waals surface area (Å²) >= 11 is 0. The molecule has 0 unspecified atom stereocenters. The Morgan fingerprint density at radius 2 is 1.83 bits per heavy atom. The predicted molar refractivity (Wildman–Crippen MR) is 111 cm³/mol. The molecule has 164 valence electrons. The van der Waals surface area contributed by atoms with E-state index in [2.05, 4.69) is 25.3 Å². The summed E-state index contributed by atoms with van der Waals surface area (Å²) in [7, 11) is 0. The van der Waals surface area contributed by atoms with E-state index in [1.54, 1.807) is 9.42 Å². The van der Waals surface area contributed by atoms with Gasteiger partial charge in [-0.05, 0) is 40.7 Å². The van der Waals surface area contributed by atoms with Crippen LogP contribution in [0.2, 0.25) is 0 Å². The highest BCUT2D eigenvalue weighted by atomic mass is 16.6. The minimum atomic E-state index is -0.484. The number of aryl methyl sites for hydroxylation is 2. The van der Waals surface area contributed by atoms with Gasteiger partial charge in [0.1, 0.15) is 5.60 Å². The highest BCUT2D eigenvalue weighted by Gasteiger charge is 2.25. The van der Waals surface area contributed by atoms with Crippen molar-refractivity contribution in [3.63, 3.8) is 0 Å². The van der Waals surface area contributed by atoms with E-state index in [1.807, 2.05) is 40.7 Å². The Bertz CT molecular complexity index is 911. The summed E-state index contributed by atoms with van der Waals surface area (Å²) in [5, 5.41) is 7.28. The quantitative estimate of drug-likeness (QED) is 0.772. The number of hydrogen-bond acceptors (Lipinski definition) is 7. The summed E-state index contributed by atoms with van der Waals surface area (Å²) in [6.45, 7) is 13.5. The van der Waals surface area contributed by atoms with Gasteiger partial charge < -0.3 is 15.0 Å². The van der Waals surface area contributed by atoms with Crippen molar-refractivity contribution in [2.45, 2.75) is 46.6 Å². The van der Waals surface area contributed by atoms with Crippen LogP contribution in [0.3, 0.4) is 0 Å². The number of hydrogen-bond donors (Lipinski definition) is 1. The molecule has 10 heteroatoms. The van der Waals surface area contributed by atoms with Crippen molar-refractivity contribution in [2.75, 3.05) is 39.3 Å². The van der Waals surface area contributed by atoms with E-state index in [9.17, 15) is 9.59 Å². The molecule has 2 aromatic heterocycles. The number of ether oxygens (including phenoxy) is 1. The highest BCUT2D eigenvalue weighted by molar-refractivity contribution is 5.77. The first-order valence-electron chi connectivity index (χ1n) is 10.3. The van der Waals surface area contributed by atoms with Crippen LogP contribution >= 0.6 is 0 Å². The summed E-state index contributed by atoms with van der Waals surface area (Å²) in [5.41, 5.74) is 1.32. The normalized spacial score (nSPS) is 15.4. The zero-order valence-corrected chi connectivity index (χ0v) is 18.4. The van der Waals surface area contributed by atoms with Gasteiger partial charge in [-0.2, -0.15) is 4.98 Å². The molecule has 0 atom stereocenters. The van der Waals surface area contributed by atoms with E-state index in [0.717, 1.165) is 31.0 Å². The number of rotatable bonds is 5. The van der Waals surface area contributed by atoms with Crippen LogP contribution in [0.1, 0.15) is 38.0 Å². The third-order valence-electron chi connectivity index (χ3n) is 4.76. The van der Waals surface area contributed by atoms with E-state index in [1.165, 1.54) is 0 Å². The fourth-order valence-corrected chi connectivity index (χ4v) is 3.32. The number of nitrogens with zero attached hydrogens (tertiary/aromatic N) is 6. The number of nitrogens with one attached hydrogen (secondary N) is 1. The molecule has 1 fully saturated rings. The fraction of sp³-hybridized carbons (Fsp3) is 0.650. The lowest BCUT2D eigenvalue weighted by Gasteiger charge is -2.35. The maximum Gasteiger partial charge on any atom is 0.410 e. The van der Waals surface area contributed by atoms with Crippen LogP contribution in [0.25, 0.3) is 5.78 Å². The Morgan fingerprint density at radius 3 is 2.50 bits per heavy atom. The van der Waals surface area contributed by atoms with E-state index in [4.69, 9.17) is 4.74 Å². The molecule has 2 amide bonds. The third-order valence-corrected chi connectivity index (χ3v) is 4.76. The number of carbonyl (C=O) groups excluding carboxylic acids is 2. The van der Waals surface area contributed by atoms with Crippen molar-refractivity contribution in [1.29, 1.82) is 0 Å². The second kappa shape index (κ2) is 8.95. The molecule has 1 saturated heterocycles. The molecular weight excluding hydrogens is 386 g/mol. The number of piperazine rings is 1. The summed E-state index contributed by atoms with van der Waals surface area (Å²) < 4.78 is 7.06. The average molecular weight is 418 g/mol. The van der Waals surface area contributed by atoms with E-state index >= 15 is 0 Å². The lowest BCUT2D eigenvalue weighted by Crippen LogP contribution is -2.51. The Hall–Kier alpha value is -2.75. The van der Waals surface area contributed by atoms with Crippen molar-refractivity contribution >= 4 is 17.8 Å². The Kier molecular flexibility index (Phi) is 6.55. The second-order valence-corrected chi connectivity index (χ2v) is 8.61. The van der Waals surface area contributed by atoms with Crippen LogP contribution in [-0.4, -0.2) is 86.3 Å². The van der Waals surface area contributed by atoms with Crippen molar-refractivity contribution in [3.8, 4) is 0 Å². The number of carbonyl (C=O) groups is 2. The molecule has 0 radical (unpaired) electrons. The van der Waals surface area contributed by atoms with E-state index in [-0.39, 0.29) is 18.4 Å². The Morgan fingerprint density at radius 1 is 1.13 bits per heavy atom. The van der Waals surface area contributed by atoms with E-state index < -0.39 is 5.60 Å². The summed E-state index contributed by atoms with van der Waals surface area (Å²) in [4.78, 5) is 37.0. The van der Waals surface area contributed by atoms with Crippen molar-refractivity contribution in [3.05, 3.63) is 23.3 Å². The van der Waals surface area contributed by atoms with Crippen molar-refractivity contribution in [2.24, 2.45) is 0 Å². The minimum Gasteiger partial charge on any atom is -0.444 e. The first-order valence-corrected chi connectivity index (χ1v) is 10.3. The SMILES string of the molecule is Cc1cc(C)n2nc(CC(=O)NCCN3CCN(C(=O)OC(C)(C)C)CC3)nc2n1. The fourth-order valence-electron chi connectivity index (χ4n) is 3.32. The molecule has 0 aliphatic carbocycles. The molecule has 0 bridgehead atoms. The summed E-state index contributed by atoms with van der Waals surface area (Å²) in [6, 6.07) is 1.92. The third kappa shape index (κ3) is 5.88. The van der Waals surface area contributed by atoms with Crippen molar-refractivity contribution < 1.29 is 14.3 Å². The van der Waals surface area contributed by atoms with Crippen molar-refractivity contribution in [1.82, 2.24) is 34.7 Å². The Labute approximate surface area is 176 Å². The smallest absolute Gasteiger partial charge is 0.410 e. The molecule has 0 spiro atoms. The molecule has 0 saturated carbocycles. The van der Waals surface area contributed by atoms with Gasteiger partial charge in [-0.15, -0.1) is 5.10 Å². The molecule has 3 heterocycles. The summed E-state index contributed by atoms with van der Waals surface area (Å²) in [5.74, 6) is 0.852. The first-order chi connectivity index (χ1) is 14.1. The lowest BCUT2D eigenvalue weighted by molar-refractivity contribution is -0.120. The molecule has 0 aromatic carbocycles. The molecular formula is C20H31N7O3. The van der Waals surface area contributed by atoms with Gasteiger partial charge in [-0.3, -0.25) is 9.69 Å². The summed E-state index contributed by atoms with van der Waals surface area (Å²) in [6.07, 6.45) is -0.149. The van der Waals surface area contributed by atoms with Gasteiger partial charge in [0.25, 0.3) is 5.78 Å². The zero-order valence-electron chi connectivity index (χ0n) is 18.4. The van der Waals surface area contributed by atoms with Gasteiger partial charge >= 0.3 is 6.09 Å². The zero-order chi connectivity index (χ0) is 21.9. The number of fused-ring (bicyclic) bond motifs is 1. The van der Waals surface area contributed by atoms with Gasteiger partial charge in [0.15, 0.2) is 5.82 Å². The van der Waals surface area contributed by atoms with Crippen LogP contribution in [-0.2, 0) is 16.0 Å². The standard InChI is InChI=1S/C20H31N7O3/c1-14-12-15(2)27-18(22-14)23-16(24-27)13-17(28)21-6-7-25-8-10-26(11-9-25)19(29)30-20(3,4)5/h12H,6-11,13H2,1-5H3,(H,21,28). The maximum absolute atomic E-state index is 12.2. The molecule has 1 aliphatic heterocycles. The van der Waals surface area contributed by atoms with Crippen LogP contribution in [0.5, 0.6) is 0 Å². The molecule has 1 N–H and O–H groups in total. The predicted octanol–water partition coefficient (Wildman–Crippen LogP) is 0.953. The minimum absolute atomic E-state index is 0.118. The van der Waals surface area contributed by atoms with Gasteiger partial charge in [-0.1, -0.05) is 0 Å². The maximum atomic E-state index is 12.2. The van der Waals surface area contributed by atoms with E-state index in [0.29, 0.717) is 31.2 Å². The molecule has 1 aliphatic rings. The topological polar surface area (TPSA) is 105 Å². The van der Waals surface area contributed by atoms with Gasteiger partial charge in [0.05, 0.1) is 6.42 Å². The van der Waals surface area contributed by atoms with Gasteiger partial charge in [0.2, 0.25) is 5.91 Å². The van der Waals surface area contributed by atoms with Crippen LogP contribution in [0, 0.1) is 13.8 Å². The van der Waals surface area contributed by atoms with Crippen LogP contribution in [0.15, 0.2) is 6.07 Å². The average Bonchev–Trinajstić information content (AvgIpc) is 3.03. The molecule has 3 rings (SSSR count). The largest absolute Gasteiger partial charge is 0.444 e. The van der Waals surface area contributed by atoms with Gasteiger partial charge in [-0.25, -0.2) is 14.3 Å². The number of aromatic nitrogens is 4. The Balaban J connectivity index is 1.39. The van der Waals surface area contributed by atoms with Crippen LogP contribution < -0.4 is 5.32 Å². The van der Waals surface area contributed by atoms with Gasteiger partial charge in [0, 0.05) is 50.7 Å².